The average molecular weight is 408 g/mol. The first-order valence-electron chi connectivity index (χ1n) is 9.96. The molecule has 0 saturated carbocycles. The molecule has 2 unspecified atom stereocenters. The highest BCUT2D eigenvalue weighted by atomic mass is 32.1. The molecule has 1 aromatic heterocycles. The quantitative estimate of drug-likeness (QED) is 0.778. The van der Waals surface area contributed by atoms with Crippen LogP contribution in [0.15, 0.2) is 17.5 Å². The van der Waals surface area contributed by atoms with Gasteiger partial charge in [-0.25, -0.2) is 0 Å². The first kappa shape index (κ1) is 20.8. The fourth-order valence-corrected chi connectivity index (χ4v) is 4.97. The smallest absolute Gasteiger partial charge is 0.303 e. The van der Waals surface area contributed by atoms with Crippen molar-refractivity contribution in [3.63, 3.8) is 0 Å². The summed E-state index contributed by atoms with van der Waals surface area (Å²) in [5.41, 5.74) is 0. The molecule has 2 aliphatic rings. The molecule has 0 bridgehead atoms. The molecule has 3 heterocycles. The molecule has 3 rings (SSSR count). The second kappa shape index (κ2) is 9.52. The topological polar surface area (TPSA) is 81.2 Å². The maximum atomic E-state index is 12.7. The minimum Gasteiger partial charge on any atom is -0.481 e. The van der Waals surface area contributed by atoms with Crippen molar-refractivity contribution in [1.29, 1.82) is 0 Å². The number of hydrogen-bond acceptors (Lipinski definition) is 5. The highest BCUT2D eigenvalue weighted by Gasteiger charge is 2.33. The van der Waals surface area contributed by atoms with Crippen LogP contribution in [0.1, 0.15) is 35.9 Å². The first-order valence-corrected chi connectivity index (χ1v) is 10.8. The molecule has 2 amide bonds. The van der Waals surface area contributed by atoms with Crippen molar-refractivity contribution in [2.24, 2.45) is 11.8 Å². The summed E-state index contributed by atoms with van der Waals surface area (Å²) in [5.74, 6) is -0.272. The van der Waals surface area contributed by atoms with Gasteiger partial charge in [0.25, 0.3) is 5.91 Å². The number of thiophene rings is 1. The van der Waals surface area contributed by atoms with E-state index in [1.54, 1.807) is 6.92 Å². The molecule has 2 atom stereocenters. The third-order valence-corrected chi connectivity index (χ3v) is 6.84. The summed E-state index contributed by atoms with van der Waals surface area (Å²) in [6.45, 7) is 6.95. The van der Waals surface area contributed by atoms with Crippen molar-refractivity contribution in [2.45, 2.75) is 26.2 Å². The van der Waals surface area contributed by atoms with Crippen LogP contribution in [0.2, 0.25) is 0 Å². The van der Waals surface area contributed by atoms with Crippen molar-refractivity contribution in [3.05, 3.63) is 22.4 Å². The Labute approximate surface area is 169 Å². The number of aliphatic carboxylic acids is 1. The van der Waals surface area contributed by atoms with Crippen LogP contribution in [0.5, 0.6) is 0 Å². The van der Waals surface area contributed by atoms with Gasteiger partial charge in [-0.1, -0.05) is 6.07 Å². The standard InChI is InChI=1S/C20H29N3O4S/c1-15(24)22-10-8-21(9-11-22)6-4-17-14-23(7-5-16(17)13-19(25)26)20(27)18-3-2-12-28-18/h2-3,12,16-17H,4-11,13-14H2,1H3,(H,25,26). The van der Waals surface area contributed by atoms with Crippen molar-refractivity contribution >= 4 is 29.1 Å². The molecular weight excluding hydrogens is 378 g/mol. The van der Waals surface area contributed by atoms with E-state index in [4.69, 9.17) is 0 Å². The summed E-state index contributed by atoms with van der Waals surface area (Å²) in [6.07, 6.45) is 1.79. The molecule has 0 radical (unpaired) electrons. The fourth-order valence-electron chi connectivity index (χ4n) is 4.28. The number of carboxylic acids is 1. The van der Waals surface area contributed by atoms with Crippen LogP contribution in [0.25, 0.3) is 0 Å². The van der Waals surface area contributed by atoms with E-state index < -0.39 is 5.97 Å². The second-order valence-electron chi connectivity index (χ2n) is 7.77. The summed E-state index contributed by atoms with van der Waals surface area (Å²) in [4.78, 5) is 42.3. The maximum Gasteiger partial charge on any atom is 0.303 e. The Morgan fingerprint density at radius 3 is 2.46 bits per heavy atom. The van der Waals surface area contributed by atoms with Crippen molar-refractivity contribution in [3.8, 4) is 0 Å². The predicted octanol–water partition coefficient (Wildman–Crippen LogP) is 1.86. The van der Waals surface area contributed by atoms with Crippen molar-refractivity contribution < 1.29 is 19.5 Å². The van der Waals surface area contributed by atoms with Gasteiger partial charge in [0.15, 0.2) is 0 Å². The number of piperidine rings is 1. The molecule has 7 nitrogen and oxygen atoms in total. The Kier molecular flexibility index (Phi) is 7.07. The van der Waals surface area contributed by atoms with Crippen LogP contribution < -0.4 is 0 Å². The number of carbonyl (C=O) groups excluding carboxylic acids is 2. The molecule has 0 aromatic carbocycles. The van der Waals surface area contributed by atoms with Gasteiger partial charge < -0.3 is 14.9 Å². The lowest BCUT2D eigenvalue weighted by molar-refractivity contribution is -0.139. The van der Waals surface area contributed by atoms with Crippen LogP contribution >= 0.6 is 11.3 Å². The van der Waals surface area contributed by atoms with Gasteiger partial charge in [0.05, 0.1) is 4.88 Å². The lowest BCUT2D eigenvalue weighted by Crippen LogP contribution is -2.49. The van der Waals surface area contributed by atoms with Crippen LogP contribution in [0.3, 0.4) is 0 Å². The van der Waals surface area contributed by atoms with Crippen LogP contribution in [-0.2, 0) is 9.59 Å². The van der Waals surface area contributed by atoms with Crippen LogP contribution in [-0.4, -0.2) is 83.4 Å². The highest BCUT2D eigenvalue weighted by molar-refractivity contribution is 7.12. The zero-order valence-electron chi connectivity index (χ0n) is 16.4. The third-order valence-electron chi connectivity index (χ3n) is 5.98. The fraction of sp³-hybridized carbons (Fsp3) is 0.650. The number of likely N-dealkylation sites (tertiary alicyclic amines) is 1. The van der Waals surface area contributed by atoms with E-state index in [9.17, 15) is 19.5 Å². The summed E-state index contributed by atoms with van der Waals surface area (Å²) in [6, 6.07) is 3.73. The first-order chi connectivity index (χ1) is 13.4. The molecule has 8 heteroatoms. The molecule has 2 aliphatic heterocycles. The number of rotatable bonds is 6. The van der Waals surface area contributed by atoms with E-state index in [0.29, 0.717) is 13.1 Å². The van der Waals surface area contributed by atoms with E-state index in [1.807, 2.05) is 27.3 Å². The minimum absolute atomic E-state index is 0.0591. The molecule has 154 valence electrons. The summed E-state index contributed by atoms with van der Waals surface area (Å²) in [5, 5.41) is 11.2. The minimum atomic E-state index is -0.761. The number of nitrogens with zero attached hydrogens (tertiary/aromatic N) is 3. The monoisotopic (exact) mass is 407 g/mol. The third kappa shape index (κ3) is 5.32. The number of piperazine rings is 1. The summed E-state index contributed by atoms with van der Waals surface area (Å²) in [7, 11) is 0. The Morgan fingerprint density at radius 2 is 1.86 bits per heavy atom. The predicted molar refractivity (Wildman–Crippen MR) is 107 cm³/mol. The SMILES string of the molecule is CC(=O)N1CCN(CCC2CN(C(=O)c3cccs3)CCC2CC(=O)O)CC1. The van der Waals surface area contributed by atoms with Crippen LogP contribution in [0.4, 0.5) is 0 Å². The van der Waals surface area contributed by atoms with Crippen molar-refractivity contribution in [1.82, 2.24) is 14.7 Å². The summed E-state index contributed by atoms with van der Waals surface area (Å²) < 4.78 is 0. The molecule has 2 fully saturated rings. The zero-order chi connectivity index (χ0) is 20.1. The van der Waals surface area contributed by atoms with Gasteiger partial charge in [0.2, 0.25) is 5.91 Å². The number of carbonyl (C=O) groups is 3. The average Bonchev–Trinajstić information content (AvgIpc) is 3.21. The van der Waals surface area contributed by atoms with E-state index in [2.05, 4.69) is 4.90 Å². The van der Waals surface area contributed by atoms with Crippen LogP contribution in [0, 0.1) is 11.8 Å². The number of amides is 2. The molecule has 2 saturated heterocycles. The zero-order valence-corrected chi connectivity index (χ0v) is 17.2. The van der Waals surface area contributed by atoms with Crippen molar-refractivity contribution in [2.75, 3.05) is 45.8 Å². The van der Waals surface area contributed by atoms with Gasteiger partial charge in [-0.2, -0.15) is 0 Å². The molecule has 1 aromatic rings. The Morgan fingerprint density at radius 1 is 1.11 bits per heavy atom. The molecular formula is C20H29N3O4S. The number of hydrogen-bond donors (Lipinski definition) is 1. The van der Waals surface area contributed by atoms with E-state index in [-0.39, 0.29) is 30.1 Å². The summed E-state index contributed by atoms with van der Waals surface area (Å²) >= 11 is 1.45. The normalized spacial score (nSPS) is 23.6. The van der Waals surface area contributed by atoms with Gasteiger partial charge in [0, 0.05) is 52.6 Å². The largest absolute Gasteiger partial charge is 0.481 e. The molecule has 0 spiro atoms. The lowest BCUT2D eigenvalue weighted by Gasteiger charge is -2.40. The van der Waals surface area contributed by atoms with E-state index in [0.717, 1.165) is 50.4 Å². The van der Waals surface area contributed by atoms with E-state index in [1.165, 1.54) is 11.3 Å². The Hall–Kier alpha value is -1.93. The molecule has 0 aliphatic carbocycles. The van der Waals surface area contributed by atoms with E-state index >= 15 is 0 Å². The van der Waals surface area contributed by atoms with Gasteiger partial charge in [-0.05, 0) is 42.7 Å². The highest BCUT2D eigenvalue weighted by Crippen LogP contribution is 2.30. The second-order valence-corrected chi connectivity index (χ2v) is 8.72. The lowest BCUT2D eigenvalue weighted by atomic mass is 9.81. The Bertz CT molecular complexity index is 686. The number of carboxylic acid groups (broad SMARTS) is 1. The van der Waals surface area contributed by atoms with Gasteiger partial charge in [0.1, 0.15) is 0 Å². The Balaban J connectivity index is 1.57. The van der Waals surface area contributed by atoms with Gasteiger partial charge in [-0.3, -0.25) is 19.3 Å². The van der Waals surface area contributed by atoms with Gasteiger partial charge in [-0.15, -0.1) is 11.3 Å². The molecule has 28 heavy (non-hydrogen) atoms. The maximum absolute atomic E-state index is 12.7. The van der Waals surface area contributed by atoms with Gasteiger partial charge >= 0.3 is 5.97 Å². The molecule has 1 N–H and O–H groups in total.